The zero-order valence-corrected chi connectivity index (χ0v) is 15.5. The zero-order valence-electron chi connectivity index (χ0n) is 13.4. The first-order valence-electron chi connectivity index (χ1n) is 7.56. The van der Waals surface area contributed by atoms with Crippen LogP contribution >= 0.6 is 0 Å². The van der Waals surface area contributed by atoms with Crippen LogP contribution < -0.4 is 26.5 Å². The van der Waals surface area contributed by atoms with Crippen LogP contribution in [0.4, 0.5) is 0 Å². The van der Waals surface area contributed by atoms with Crippen molar-refractivity contribution in [1.29, 1.82) is 0 Å². The van der Waals surface area contributed by atoms with Crippen molar-refractivity contribution in [2.75, 3.05) is 6.61 Å². The molecule has 2 rings (SSSR count). The standard InChI is InChI=1S/C19H20INO2/c1-3-23-19(22)18(20-17-12-8-5-9-13-17)15(2)21-14-16-10-6-4-7-11-16/h4-13H,3,14H2,1-2H3/p+1. The first-order valence-corrected chi connectivity index (χ1v) is 9.72. The Kier molecular flexibility index (Phi) is 7.13. The summed E-state index contributed by atoms with van der Waals surface area (Å²) in [4.78, 5) is 12.3. The van der Waals surface area contributed by atoms with Gasteiger partial charge in [-0.05, 0) is 31.5 Å². The monoisotopic (exact) mass is 422 g/mol. The molecule has 23 heavy (non-hydrogen) atoms. The molecule has 2 aromatic carbocycles. The average Bonchev–Trinajstić information content (AvgIpc) is 2.59. The number of allylic oxidation sites excluding steroid dienone is 1. The highest BCUT2D eigenvalue weighted by Gasteiger charge is 2.30. The Morgan fingerprint density at radius 1 is 1.04 bits per heavy atom. The number of ether oxygens (including phenoxy) is 1. The minimum absolute atomic E-state index is 0.206. The Labute approximate surface area is 148 Å². The van der Waals surface area contributed by atoms with Crippen LogP contribution in [0, 0.1) is 3.57 Å². The van der Waals surface area contributed by atoms with Crippen molar-refractivity contribution in [3.05, 3.63) is 79.1 Å². The Morgan fingerprint density at radius 3 is 2.26 bits per heavy atom. The van der Waals surface area contributed by atoms with Gasteiger partial charge in [-0.15, -0.1) is 0 Å². The second kappa shape index (κ2) is 9.35. The number of rotatable bonds is 7. The molecule has 0 aliphatic rings. The second-order valence-corrected chi connectivity index (χ2v) is 7.75. The molecule has 120 valence electrons. The van der Waals surface area contributed by atoms with Crippen molar-refractivity contribution >= 4 is 5.97 Å². The SMILES string of the molecule is CCOC(=O)/C([I+]c1ccccc1)=C(/C)NCc1ccccc1. The third kappa shape index (κ3) is 5.71. The highest BCUT2D eigenvalue weighted by atomic mass is 127. The average molecular weight is 422 g/mol. The predicted molar refractivity (Wildman–Crippen MR) is 87.8 cm³/mol. The molecule has 0 atom stereocenters. The molecule has 1 N–H and O–H groups in total. The Hall–Kier alpha value is -1.82. The first-order chi connectivity index (χ1) is 11.2. The van der Waals surface area contributed by atoms with Crippen LogP contribution in [0.3, 0.4) is 0 Å². The molecule has 2 aromatic rings. The smallest absolute Gasteiger partial charge is 0.387 e. The van der Waals surface area contributed by atoms with Crippen LogP contribution in [0.15, 0.2) is 69.9 Å². The molecular weight excluding hydrogens is 401 g/mol. The summed E-state index contributed by atoms with van der Waals surface area (Å²) in [5.74, 6) is -0.206. The van der Waals surface area contributed by atoms with Crippen LogP contribution in [-0.4, -0.2) is 12.6 Å². The van der Waals surface area contributed by atoms with Crippen LogP contribution in [0.25, 0.3) is 0 Å². The van der Waals surface area contributed by atoms with E-state index in [9.17, 15) is 4.79 Å². The molecule has 3 nitrogen and oxygen atoms in total. The normalized spacial score (nSPS) is 11.6. The fourth-order valence-electron chi connectivity index (χ4n) is 1.95. The predicted octanol–water partition coefficient (Wildman–Crippen LogP) is 0.530. The Bertz CT molecular complexity index is 654. The van der Waals surface area contributed by atoms with Gasteiger partial charge in [-0.25, -0.2) is 4.79 Å². The molecule has 0 heterocycles. The molecule has 0 aliphatic carbocycles. The minimum Gasteiger partial charge on any atom is -0.459 e. The molecule has 0 amide bonds. The van der Waals surface area contributed by atoms with Gasteiger partial charge in [0.2, 0.25) is 0 Å². The molecule has 0 spiro atoms. The number of benzene rings is 2. The molecule has 0 bridgehead atoms. The molecule has 0 saturated heterocycles. The maximum absolute atomic E-state index is 12.3. The van der Waals surface area contributed by atoms with Crippen LogP contribution in [0.2, 0.25) is 0 Å². The Balaban J connectivity index is 2.14. The van der Waals surface area contributed by atoms with Gasteiger partial charge in [0.25, 0.3) is 3.58 Å². The lowest BCUT2D eigenvalue weighted by atomic mass is 10.2. The Morgan fingerprint density at radius 2 is 1.65 bits per heavy atom. The topological polar surface area (TPSA) is 38.3 Å². The fourth-order valence-corrected chi connectivity index (χ4v) is 4.32. The minimum atomic E-state index is -0.572. The quantitative estimate of drug-likeness (QED) is 0.402. The van der Waals surface area contributed by atoms with E-state index in [1.165, 1.54) is 9.13 Å². The lowest BCUT2D eigenvalue weighted by molar-refractivity contribution is -0.572. The number of carbonyl (C=O) groups is 1. The van der Waals surface area contributed by atoms with Gasteiger partial charge in [0.05, 0.1) is 12.3 Å². The van der Waals surface area contributed by atoms with Crippen LogP contribution in [0.1, 0.15) is 19.4 Å². The van der Waals surface area contributed by atoms with Crippen molar-refractivity contribution in [3.8, 4) is 0 Å². The molecule has 4 heteroatoms. The van der Waals surface area contributed by atoms with E-state index in [1.54, 1.807) is 0 Å². The summed E-state index contributed by atoms with van der Waals surface area (Å²) in [6.07, 6.45) is 0. The molecule has 0 saturated carbocycles. The number of carbonyl (C=O) groups excluding carboxylic acids is 1. The summed E-state index contributed by atoms with van der Waals surface area (Å²) < 4.78 is 7.23. The lowest BCUT2D eigenvalue weighted by Gasteiger charge is -2.07. The van der Waals surface area contributed by atoms with Gasteiger partial charge in [-0.2, -0.15) is 0 Å². The van der Waals surface area contributed by atoms with E-state index >= 15 is 0 Å². The molecule has 0 aromatic heterocycles. The van der Waals surface area contributed by atoms with Crippen molar-refractivity contribution in [1.82, 2.24) is 5.32 Å². The zero-order chi connectivity index (χ0) is 16.5. The maximum atomic E-state index is 12.3. The summed E-state index contributed by atoms with van der Waals surface area (Å²) in [5, 5.41) is 3.36. The summed E-state index contributed by atoms with van der Waals surface area (Å²) in [6, 6.07) is 20.3. The molecule has 0 radical (unpaired) electrons. The highest BCUT2D eigenvalue weighted by molar-refractivity contribution is 5.86. The highest BCUT2D eigenvalue weighted by Crippen LogP contribution is 2.01. The van der Waals surface area contributed by atoms with Gasteiger partial charge in [0.1, 0.15) is 0 Å². The van der Waals surface area contributed by atoms with Crippen LogP contribution in [-0.2, 0) is 16.1 Å². The number of esters is 1. The number of hydrogen-bond donors (Lipinski definition) is 1. The molecule has 0 unspecified atom stereocenters. The molecular formula is C19H21INO2+. The van der Waals surface area contributed by atoms with Crippen molar-refractivity contribution in [3.63, 3.8) is 0 Å². The van der Waals surface area contributed by atoms with Gasteiger partial charge in [-0.3, -0.25) is 0 Å². The molecule has 0 aliphatic heterocycles. The van der Waals surface area contributed by atoms with E-state index in [2.05, 4.69) is 29.6 Å². The van der Waals surface area contributed by atoms with E-state index in [0.29, 0.717) is 13.2 Å². The van der Waals surface area contributed by atoms with Crippen molar-refractivity contribution in [2.24, 2.45) is 0 Å². The third-order valence-corrected chi connectivity index (χ3v) is 6.25. The number of nitrogens with one attached hydrogen (secondary N) is 1. The van der Waals surface area contributed by atoms with Gasteiger partial charge < -0.3 is 10.1 Å². The third-order valence-electron chi connectivity index (χ3n) is 3.12. The van der Waals surface area contributed by atoms with Crippen LogP contribution in [0.5, 0.6) is 0 Å². The maximum Gasteiger partial charge on any atom is 0.387 e. The second-order valence-electron chi connectivity index (χ2n) is 4.89. The van der Waals surface area contributed by atoms with Gasteiger partial charge in [0, 0.05) is 6.54 Å². The van der Waals surface area contributed by atoms with E-state index in [1.807, 2.05) is 50.2 Å². The van der Waals surface area contributed by atoms with E-state index in [-0.39, 0.29) is 5.97 Å². The summed E-state index contributed by atoms with van der Waals surface area (Å²) in [6.45, 7) is 4.89. The van der Waals surface area contributed by atoms with Crippen molar-refractivity contribution < 1.29 is 30.7 Å². The van der Waals surface area contributed by atoms with Crippen molar-refractivity contribution in [2.45, 2.75) is 20.4 Å². The summed E-state index contributed by atoms with van der Waals surface area (Å²) in [5.41, 5.74) is 2.09. The molecule has 0 fully saturated rings. The van der Waals surface area contributed by atoms with E-state index in [4.69, 9.17) is 4.74 Å². The van der Waals surface area contributed by atoms with Gasteiger partial charge in [-0.1, -0.05) is 48.5 Å². The van der Waals surface area contributed by atoms with Gasteiger partial charge in [0.15, 0.2) is 3.57 Å². The van der Waals surface area contributed by atoms with Gasteiger partial charge >= 0.3 is 27.2 Å². The lowest BCUT2D eigenvalue weighted by Crippen LogP contribution is -3.61. The summed E-state index contributed by atoms with van der Waals surface area (Å²) in [7, 11) is 0. The van der Waals surface area contributed by atoms with E-state index in [0.717, 1.165) is 9.28 Å². The number of hydrogen-bond acceptors (Lipinski definition) is 3. The fraction of sp³-hybridized carbons (Fsp3) is 0.211. The largest absolute Gasteiger partial charge is 0.459 e. The first kappa shape index (κ1) is 17.5. The number of halogens is 1. The van der Waals surface area contributed by atoms with E-state index < -0.39 is 21.2 Å². The summed E-state index contributed by atoms with van der Waals surface area (Å²) >= 11 is -0.572.